The number of rotatable bonds is 7. The van der Waals surface area contributed by atoms with E-state index in [-0.39, 0.29) is 22.8 Å². The quantitative estimate of drug-likeness (QED) is 0.748. The lowest BCUT2D eigenvalue weighted by atomic mass is 9.95. The fourth-order valence-corrected chi connectivity index (χ4v) is 5.08. The third kappa shape index (κ3) is 4.76. The maximum atomic E-state index is 12.8. The van der Waals surface area contributed by atoms with Gasteiger partial charge in [-0.15, -0.1) is 0 Å². The maximum Gasteiger partial charge on any atom is 0.244 e. The zero-order chi connectivity index (χ0) is 20.9. The van der Waals surface area contributed by atoms with Crippen molar-refractivity contribution in [1.29, 1.82) is 0 Å². The second-order valence-electron chi connectivity index (χ2n) is 7.08. The summed E-state index contributed by atoms with van der Waals surface area (Å²) in [7, 11) is -1.95. The number of hydrogen-bond acceptors (Lipinski definition) is 5. The van der Waals surface area contributed by atoms with Crippen molar-refractivity contribution in [2.45, 2.75) is 37.1 Å². The number of pyridine rings is 1. The number of nitrogens with one attached hydrogen (secondary N) is 1. The third-order valence-corrected chi connectivity index (χ3v) is 7.22. The molecule has 7 nitrogen and oxygen atoms in total. The smallest absolute Gasteiger partial charge is 0.244 e. The van der Waals surface area contributed by atoms with Crippen LogP contribution in [-0.2, 0) is 14.8 Å². The largest absolute Gasteiger partial charge is 0.496 e. The van der Waals surface area contributed by atoms with Crippen molar-refractivity contribution in [3.8, 4) is 5.75 Å². The predicted octanol–water partition coefficient (Wildman–Crippen LogP) is 2.76. The van der Waals surface area contributed by atoms with Crippen LogP contribution in [0.5, 0.6) is 5.75 Å². The van der Waals surface area contributed by atoms with E-state index in [1.807, 2.05) is 31.2 Å². The molecule has 1 amide bonds. The lowest BCUT2D eigenvalue weighted by Crippen LogP contribution is -2.43. The Kier molecular flexibility index (Phi) is 6.87. The average molecular weight is 418 g/mol. The summed E-state index contributed by atoms with van der Waals surface area (Å²) in [4.78, 5) is 16.9. The SMILES string of the molecule is CCC(NC(=O)C1CCN(S(=O)(=O)c2cccnc2)CC1)c1ccccc1OC. The minimum absolute atomic E-state index is 0.0406. The van der Waals surface area contributed by atoms with E-state index in [9.17, 15) is 13.2 Å². The zero-order valence-electron chi connectivity index (χ0n) is 16.7. The number of methoxy groups -OCH3 is 1. The summed E-state index contributed by atoms with van der Waals surface area (Å²) in [6.45, 7) is 2.65. The Morgan fingerprint density at radius 3 is 2.59 bits per heavy atom. The zero-order valence-corrected chi connectivity index (χ0v) is 17.6. The molecule has 1 aromatic carbocycles. The number of hydrogen-bond donors (Lipinski definition) is 1. The van der Waals surface area contributed by atoms with Crippen LogP contribution >= 0.6 is 0 Å². The summed E-state index contributed by atoms with van der Waals surface area (Å²) in [6, 6.07) is 10.7. The number of amides is 1. The Morgan fingerprint density at radius 1 is 1.24 bits per heavy atom. The highest BCUT2D eigenvalue weighted by atomic mass is 32.2. The molecule has 0 saturated carbocycles. The molecule has 1 aliphatic rings. The third-order valence-electron chi connectivity index (χ3n) is 5.34. The van der Waals surface area contributed by atoms with Crippen molar-refractivity contribution >= 4 is 15.9 Å². The lowest BCUT2D eigenvalue weighted by molar-refractivity contribution is -0.126. The number of piperidine rings is 1. The highest BCUT2D eigenvalue weighted by Gasteiger charge is 2.33. The maximum absolute atomic E-state index is 12.8. The highest BCUT2D eigenvalue weighted by molar-refractivity contribution is 7.89. The molecule has 1 fully saturated rings. The fourth-order valence-electron chi connectivity index (χ4n) is 3.65. The van der Waals surface area contributed by atoms with Gasteiger partial charge >= 0.3 is 0 Å². The Balaban J connectivity index is 1.62. The van der Waals surface area contributed by atoms with Gasteiger partial charge in [-0.05, 0) is 37.5 Å². The van der Waals surface area contributed by atoms with Gasteiger partial charge in [0.05, 0.1) is 13.2 Å². The molecule has 1 aromatic heterocycles. The van der Waals surface area contributed by atoms with E-state index in [1.165, 1.54) is 10.5 Å². The van der Waals surface area contributed by atoms with Crippen molar-refractivity contribution in [2.75, 3.05) is 20.2 Å². The van der Waals surface area contributed by atoms with E-state index in [2.05, 4.69) is 10.3 Å². The van der Waals surface area contributed by atoms with Crippen molar-refractivity contribution in [3.05, 3.63) is 54.4 Å². The van der Waals surface area contributed by atoms with Crippen molar-refractivity contribution in [1.82, 2.24) is 14.6 Å². The summed E-state index contributed by atoms with van der Waals surface area (Å²) in [5.41, 5.74) is 0.947. The first-order chi connectivity index (χ1) is 14.0. The molecule has 3 rings (SSSR count). The number of sulfonamides is 1. The van der Waals surface area contributed by atoms with Gasteiger partial charge < -0.3 is 10.1 Å². The lowest BCUT2D eigenvalue weighted by Gasteiger charge is -2.31. The summed E-state index contributed by atoms with van der Waals surface area (Å²) in [5, 5.41) is 3.12. The van der Waals surface area contributed by atoms with E-state index in [1.54, 1.807) is 25.4 Å². The van der Waals surface area contributed by atoms with Crippen LogP contribution in [0.15, 0.2) is 53.7 Å². The molecule has 0 aliphatic carbocycles. The van der Waals surface area contributed by atoms with Gasteiger partial charge in [-0.1, -0.05) is 25.1 Å². The van der Waals surface area contributed by atoms with E-state index in [4.69, 9.17) is 4.74 Å². The van der Waals surface area contributed by atoms with Crippen molar-refractivity contribution in [3.63, 3.8) is 0 Å². The van der Waals surface area contributed by atoms with Gasteiger partial charge in [-0.25, -0.2) is 8.42 Å². The van der Waals surface area contributed by atoms with Gasteiger partial charge in [-0.3, -0.25) is 9.78 Å². The number of aromatic nitrogens is 1. The molecule has 2 aromatic rings. The first-order valence-electron chi connectivity index (χ1n) is 9.80. The van der Waals surface area contributed by atoms with Gasteiger partial charge in [0.1, 0.15) is 10.6 Å². The topological polar surface area (TPSA) is 88.6 Å². The van der Waals surface area contributed by atoms with Gasteiger partial charge in [0.25, 0.3) is 0 Å². The van der Waals surface area contributed by atoms with Crippen LogP contribution in [0.2, 0.25) is 0 Å². The molecule has 29 heavy (non-hydrogen) atoms. The molecular weight excluding hydrogens is 390 g/mol. The van der Waals surface area contributed by atoms with Crippen LogP contribution in [0, 0.1) is 5.92 Å². The molecule has 0 spiro atoms. The van der Waals surface area contributed by atoms with Crippen LogP contribution in [0.25, 0.3) is 0 Å². The monoisotopic (exact) mass is 417 g/mol. The number of para-hydroxylation sites is 1. The summed E-state index contributed by atoms with van der Waals surface area (Å²) in [5.74, 6) is 0.498. The molecule has 1 atom stereocenters. The molecular formula is C21H27N3O4S. The van der Waals surface area contributed by atoms with E-state index in [0.717, 1.165) is 17.7 Å². The first-order valence-corrected chi connectivity index (χ1v) is 11.2. The molecule has 0 radical (unpaired) electrons. The van der Waals surface area contributed by atoms with Gasteiger partial charge in [0, 0.05) is 37.0 Å². The molecule has 1 unspecified atom stereocenters. The minimum atomic E-state index is -3.57. The van der Waals surface area contributed by atoms with Gasteiger partial charge in [-0.2, -0.15) is 4.31 Å². The molecule has 2 heterocycles. The normalized spacial score (nSPS) is 16.9. The highest BCUT2D eigenvalue weighted by Crippen LogP contribution is 2.29. The number of carbonyl (C=O) groups excluding carboxylic acids is 1. The second kappa shape index (κ2) is 9.37. The Hall–Kier alpha value is -2.45. The fraction of sp³-hybridized carbons (Fsp3) is 0.429. The van der Waals surface area contributed by atoms with E-state index in [0.29, 0.717) is 25.9 Å². The molecule has 1 N–H and O–H groups in total. The van der Waals surface area contributed by atoms with Crippen LogP contribution in [-0.4, -0.2) is 43.8 Å². The van der Waals surface area contributed by atoms with Crippen molar-refractivity contribution < 1.29 is 17.9 Å². The minimum Gasteiger partial charge on any atom is -0.496 e. The van der Waals surface area contributed by atoms with Crippen LogP contribution in [0.3, 0.4) is 0 Å². The standard InChI is InChI=1S/C21H27N3O4S/c1-3-19(18-8-4-5-9-20(18)28-2)23-21(25)16-10-13-24(14-11-16)29(26,27)17-7-6-12-22-15-17/h4-9,12,15-16,19H,3,10-11,13-14H2,1-2H3,(H,23,25). The summed E-state index contributed by atoms with van der Waals surface area (Å²) >= 11 is 0. The Labute approximate surface area is 172 Å². The molecule has 8 heteroatoms. The van der Waals surface area contributed by atoms with Crippen LogP contribution in [0.1, 0.15) is 37.8 Å². The molecule has 1 aliphatic heterocycles. The Morgan fingerprint density at radius 2 is 1.97 bits per heavy atom. The average Bonchev–Trinajstić information content (AvgIpc) is 2.78. The van der Waals surface area contributed by atoms with Crippen molar-refractivity contribution in [2.24, 2.45) is 5.92 Å². The van der Waals surface area contributed by atoms with Crippen LogP contribution < -0.4 is 10.1 Å². The summed E-state index contributed by atoms with van der Waals surface area (Å²) in [6.07, 6.45) is 4.62. The second-order valence-corrected chi connectivity index (χ2v) is 9.02. The number of benzene rings is 1. The predicted molar refractivity (Wildman–Crippen MR) is 110 cm³/mol. The number of carbonyl (C=O) groups is 1. The van der Waals surface area contributed by atoms with Gasteiger partial charge in [0.15, 0.2) is 0 Å². The Bertz CT molecular complexity index is 926. The molecule has 0 bridgehead atoms. The first kappa shape index (κ1) is 21.3. The number of ether oxygens (including phenoxy) is 1. The van der Waals surface area contributed by atoms with Crippen LogP contribution in [0.4, 0.5) is 0 Å². The molecule has 1 saturated heterocycles. The van der Waals surface area contributed by atoms with E-state index >= 15 is 0 Å². The number of nitrogens with zero attached hydrogens (tertiary/aromatic N) is 2. The van der Waals surface area contributed by atoms with E-state index < -0.39 is 10.0 Å². The summed E-state index contributed by atoms with van der Waals surface area (Å²) < 4.78 is 32.3. The molecule has 156 valence electrons. The van der Waals surface area contributed by atoms with Gasteiger partial charge in [0.2, 0.25) is 15.9 Å².